The maximum atomic E-state index is 13.4. The van der Waals surface area contributed by atoms with Gasteiger partial charge in [0.2, 0.25) is 0 Å². The second kappa shape index (κ2) is 8.90. The van der Waals surface area contributed by atoms with Crippen molar-refractivity contribution in [3.63, 3.8) is 0 Å². The molecule has 3 aromatic rings. The summed E-state index contributed by atoms with van der Waals surface area (Å²) in [6, 6.07) is 8.49. The SMILES string of the molecule is CSc1nc(N2CCCC2)c2cc(C(=O)N3CCN(c4cccc(C)c4C)CC3)sc2n1. The van der Waals surface area contributed by atoms with Gasteiger partial charge < -0.3 is 14.7 Å². The van der Waals surface area contributed by atoms with Crippen LogP contribution in [0.1, 0.15) is 33.6 Å². The van der Waals surface area contributed by atoms with Crippen LogP contribution in [-0.4, -0.2) is 66.3 Å². The van der Waals surface area contributed by atoms with Crippen molar-refractivity contribution in [3.8, 4) is 0 Å². The fourth-order valence-electron chi connectivity index (χ4n) is 4.64. The molecule has 0 unspecified atom stereocenters. The molecule has 2 fully saturated rings. The first-order valence-electron chi connectivity index (χ1n) is 11.3. The van der Waals surface area contributed by atoms with Crippen LogP contribution in [0.5, 0.6) is 0 Å². The molecule has 2 aliphatic rings. The molecular weight excluding hydrogens is 438 g/mol. The number of thioether (sulfide) groups is 1. The number of benzene rings is 1. The van der Waals surface area contributed by atoms with Gasteiger partial charge in [-0.2, -0.15) is 0 Å². The molecule has 0 atom stereocenters. The minimum atomic E-state index is 0.117. The van der Waals surface area contributed by atoms with Crippen molar-refractivity contribution in [1.29, 1.82) is 0 Å². The highest BCUT2D eigenvalue weighted by Gasteiger charge is 2.26. The molecule has 2 aliphatic heterocycles. The Morgan fingerprint density at radius 1 is 1.00 bits per heavy atom. The minimum absolute atomic E-state index is 0.117. The predicted molar refractivity (Wildman–Crippen MR) is 135 cm³/mol. The first-order chi connectivity index (χ1) is 15.5. The fraction of sp³-hybridized carbons (Fsp3) is 0.458. The van der Waals surface area contributed by atoms with Gasteiger partial charge in [-0.25, -0.2) is 9.97 Å². The van der Waals surface area contributed by atoms with Crippen LogP contribution in [0.2, 0.25) is 0 Å². The van der Waals surface area contributed by atoms with Crippen molar-refractivity contribution < 1.29 is 4.79 Å². The van der Waals surface area contributed by atoms with Gasteiger partial charge in [0.05, 0.1) is 10.3 Å². The van der Waals surface area contributed by atoms with Crippen molar-refractivity contribution in [2.45, 2.75) is 31.8 Å². The first kappa shape index (κ1) is 21.5. The van der Waals surface area contributed by atoms with Gasteiger partial charge in [-0.05, 0) is 56.2 Å². The molecule has 1 aromatic carbocycles. The lowest BCUT2D eigenvalue weighted by Crippen LogP contribution is -2.48. The third-order valence-corrected chi connectivity index (χ3v) is 8.20. The maximum absolute atomic E-state index is 13.4. The summed E-state index contributed by atoms with van der Waals surface area (Å²) in [5.74, 6) is 1.11. The van der Waals surface area contributed by atoms with Crippen molar-refractivity contribution in [2.24, 2.45) is 0 Å². The van der Waals surface area contributed by atoms with E-state index < -0.39 is 0 Å². The molecule has 5 rings (SSSR count). The van der Waals surface area contributed by atoms with Crippen molar-refractivity contribution in [1.82, 2.24) is 14.9 Å². The third kappa shape index (κ3) is 3.94. The van der Waals surface area contributed by atoms with Crippen molar-refractivity contribution in [2.75, 3.05) is 55.3 Å². The van der Waals surface area contributed by atoms with Gasteiger partial charge in [-0.1, -0.05) is 23.9 Å². The molecule has 2 aromatic heterocycles. The summed E-state index contributed by atoms with van der Waals surface area (Å²) < 4.78 is 0. The molecule has 1 amide bonds. The number of aryl methyl sites for hydroxylation is 1. The van der Waals surface area contributed by atoms with Gasteiger partial charge in [0.1, 0.15) is 10.6 Å². The van der Waals surface area contributed by atoms with E-state index in [0.717, 1.165) is 65.3 Å². The lowest BCUT2D eigenvalue weighted by Gasteiger charge is -2.36. The highest BCUT2D eigenvalue weighted by molar-refractivity contribution is 7.98. The lowest BCUT2D eigenvalue weighted by atomic mass is 10.1. The van der Waals surface area contributed by atoms with Crippen molar-refractivity contribution >= 4 is 50.7 Å². The third-order valence-electron chi connectivity index (χ3n) is 6.63. The quantitative estimate of drug-likeness (QED) is 0.413. The maximum Gasteiger partial charge on any atom is 0.264 e. The van der Waals surface area contributed by atoms with Crippen LogP contribution in [-0.2, 0) is 0 Å². The molecule has 2 saturated heterocycles. The number of aromatic nitrogens is 2. The van der Waals surface area contributed by atoms with Crippen LogP contribution in [0.4, 0.5) is 11.5 Å². The second-order valence-electron chi connectivity index (χ2n) is 8.56. The van der Waals surface area contributed by atoms with E-state index in [2.05, 4.69) is 41.8 Å². The zero-order valence-electron chi connectivity index (χ0n) is 18.9. The average molecular weight is 468 g/mol. The summed E-state index contributed by atoms with van der Waals surface area (Å²) in [6.45, 7) is 9.58. The van der Waals surface area contributed by atoms with E-state index >= 15 is 0 Å². The molecule has 0 aliphatic carbocycles. The zero-order valence-corrected chi connectivity index (χ0v) is 20.6. The van der Waals surface area contributed by atoms with Crippen LogP contribution < -0.4 is 9.80 Å². The number of rotatable bonds is 4. The topological polar surface area (TPSA) is 52.6 Å². The number of piperazine rings is 1. The van der Waals surface area contributed by atoms with E-state index in [4.69, 9.17) is 9.97 Å². The van der Waals surface area contributed by atoms with Crippen LogP contribution in [0, 0.1) is 13.8 Å². The Morgan fingerprint density at radius 3 is 2.47 bits per heavy atom. The summed E-state index contributed by atoms with van der Waals surface area (Å²) in [5, 5.41) is 1.80. The number of carbonyl (C=O) groups excluding carboxylic acids is 1. The molecule has 6 nitrogen and oxygen atoms in total. The second-order valence-corrected chi connectivity index (χ2v) is 10.4. The Labute approximate surface area is 197 Å². The summed E-state index contributed by atoms with van der Waals surface area (Å²) in [6.07, 6.45) is 4.39. The highest BCUT2D eigenvalue weighted by atomic mass is 32.2. The summed E-state index contributed by atoms with van der Waals surface area (Å²) in [7, 11) is 0. The number of amides is 1. The summed E-state index contributed by atoms with van der Waals surface area (Å²) in [5.41, 5.74) is 3.93. The molecule has 0 saturated carbocycles. The normalized spacial score (nSPS) is 16.9. The lowest BCUT2D eigenvalue weighted by molar-refractivity contribution is 0.0751. The van der Waals surface area contributed by atoms with Crippen molar-refractivity contribution in [3.05, 3.63) is 40.3 Å². The highest BCUT2D eigenvalue weighted by Crippen LogP contribution is 2.35. The Kier molecular flexibility index (Phi) is 5.99. The number of fused-ring (bicyclic) bond motifs is 1. The number of hydrogen-bond donors (Lipinski definition) is 0. The summed E-state index contributed by atoms with van der Waals surface area (Å²) in [4.78, 5) is 31.3. The van der Waals surface area contributed by atoms with Gasteiger partial charge in [0, 0.05) is 45.0 Å². The van der Waals surface area contributed by atoms with E-state index in [1.807, 2.05) is 17.2 Å². The monoisotopic (exact) mass is 467 g/mol. The standard InChI is InChI=1S/C24H29N5OS2/c1-16-7-6-8-19(17(16)2)27-11-13-29(14-12-27)23(30)20-15-18-21(28-9-4-5-10-28)25-24(31-3)26-22(18)32-20/h6-8,15H,4-5,9-14H2,1-3H3. The molecule has 32 heavy (non-hydrogen) atoms. The van der Waals surface area contributed by atoms with Gasteiger partial charge in [0.15, 0.2) is 5.16 Å². The van der Waals surface area contributed by atoms with Gasteiger partial charge in [0.25, 0.3) is 5.91 Å². The molecule has 4 heterocycles. The van der Waals surface area contributed by atoms with Crippen LogP contribution >= 0.6 is 23.1 Å². The Morgan fingerprint density at radius 2 is 1.75 bits per heavy atom. The van der Waals surface area contributed by atoms with Crippen LogP contribution in [0.3, 0.4) is 0 Å². The summed E-state index contributed by atoms with van der Waals surface area (Å²) >= 11 is 3.07. The van der Waals surface area contributed by atoms with Crippen LogP contribution in [0.15, 0.2) is 29.4 Å². The number of thiophene rings is 1. The zero-order chi connectivity index (χ0) is 22.2. The number of carbonyl (C=O) groups is 1. The average Bonchev–Trinajstić information content (AvgIpc) is 3.50. The molecule has 0 N–H and O–H groups in total. The Hall–Kier alpha value is -2.32. The van der Waals surface area contributed by atoms with Crippen LogP contribution in [0.25, 0.3) is 10.2 Å². The molecule has 8 heteroatoms. The molecule has 0 bridgehead atoms. The fourth-order valence-corrected chi connectivity index (χ4v) is 6.05. The molecule has 0 spiro atoms. The van der Waals surface area contributed by atoms with Gasteiger partial charge >= 0.3 is 0 Å². The predicted octanol–water partition coefficient (Wildman–Crippen LogP) is 4.59. The Bertz CT molecular complexity index is 1150. The number of hydrogen-bond acceptors (Lipinski definition) is 7. The van der Waals surface area contributed by atoms with E-state index in [1.54, 1.807) is 11.8 Å². The van der Waals surface area contributed by atoms with Gasteiger partial charge in [-0.3, -0.25) is 4.79 Å². The van der Waals surface area contributed by atoms with E-state index in [0.29, 0.717) is 0 Å². The van der Waals surface area contributed by atoms with E-state index in [1.165, 1.54) is 41.0 Å². The van der Waals surface area contributed by atoms with E-state index in [-0.39, 0.29) is 5.91 Å². The van der Waals surface area contributed by atoms with Gasteiger partial charge in [-0.15, -0.1) is 11.3 Å². The molecule has 0 radical (unpaired) electrons. The number of nitrogens with zero attached hydrogens (tertiary/aromatic N) is 5. The molecule has 168 valence electrons. The number of anilines is 2. The molecular formula is C24H29N5OS2. The first-order valence-corrected chi connectivity index (χ1v) is 13.3. The smallest absolute Gasteiger partial charge is 0.264 e. The largest absolute Gasteiger partial charge is 0.368 e. The minimum Gasteiger partial charge on any atom is -0.368 e. The Balaban J connectivity index is 1.36. The van der Waals surface area contributed by atoms with E-state index in [9.17, 15) is 4.79 Å².